The van der Waals surface area contributed by atoms with Gasteiger partial charge in [0.1, 0.15) is 11.6 Å². The summed E-state index contributed by atoms with van der Waals surface area (Å²) in [4.78, 5) is 10.9. The maximum atomic E-state index is 12.8. The number of alkyl halides is 3. The zero-order valence-electron chi connectivity index (χ0n) is 10.6. The molecule has 7 heteroatoms. The summed E-state index contributed by atoms with van der Waals surface area (Å²) in [6.45, 7) is 0. The Labute approximate surface area is 117 Å². The van der Waals surface area contributed by atoms with Gasteiger partial charge in [0.25, 0.3) is 0 Å². The Morgan fingerprint density at radius 1 is 1.24 bits per heavy atom. The molecular formula is C14H10F3N3O. The van der Waals surface area contributed by atoms with Crippen molar-refractivity contribution in [1.29, 1.82) is 0 Å². The van der Waals surface area contributed by atoms with Crippen molar-refractivity contribution < 1.29 is 18.3 Å². The van der Waals surface area contributed by atoms with Crippen LogP contribution in [0.2, 0.25) is 0 Å². The smallest absolute Gasteiger partial charge is 0.416 e. The Hall–Kier alpha value is -2.57. The number of pyridine rings is 1. The number of aromatic nitrogens is 3. The SMILES string of the molecule is Oc1cncc(-c2nc3c([nH]2)CC=CC(C(F)(F)F)=C3)c1. The number of aromatic hydroxyl groups is 1. The summed E-state index contributed by atoms with van der Waals surface area (Å²) in [6, 6.07) is 1.44. The van der Waals surface area contributed by atoms with E-state index in [2.05, 4.69) is 15.0 Å². The molecule has 2 N–H and O–H groups in total. The van der Waals surface area contributed by atoms with Crippen LogP contribution in [0.4, 0.5) is 13.2 Å². The number of aromatic amines is 1. The maximum absolute atomic E-state index is 12.8. The minimum Gasteiger partial charge on any atom is -0.506 e. The third-order valence-corrected chi connectivity index (χ3v) is 3.05. The molecule has 0 saturated carbocycles. The Bertz CT molecular complexity index is 744. The van der Waals surface area contributed by atoms with E-state index in [1.54, 1.807) is 0 Å². The summed E-state index contributed by atoms with van der Waals surface area (Å²) in [6.07, 6.45) is 2.15. The van der Waals surface area contributed by atoms with E-state index in [1.165, 1.54) is 24.5 Å². The molecule has 108 valence electrons. The van der Waals surface area contributed by atoms with Crippen LogP contribution in [0.15, 0.2) is 36.2 Å². The molecule has 0 radical (unpaired) electrons. The molecule has 0 amide bonds. The Balaban J connectivity index is 2.05. The van der Waals surface area contributed by atoms with Crippen molar-refractivity contribution in [2.24, 2.45) is 0 Å². The second-order valence-corrected chi connectivity index (χ2v) is 4.58. The van der Waals surface area contributed by atoms with Gasteiger partial charge in [-0.05, 0) is 12.1 Å². The van der Waals surface area contributed by atoms with Crippen LogP contribution in [0.5, 0.6) is 5.75 Å². The van der Waals surface area contributed by atoms with E-state index in [0.29, 0.717) is 23.5 Å². The first kappa shape index (κ1) is 13.4. The number of halogens is 3. The Kier molecular flexibility index (Phi) is 3.04. The van der Waals surface area contributed by atoms with Crippen molar-refractivity contribution >= 4 is 6.08 Å². The topological polar surface area (TPSA) is 61.8 Å². The van der Waals surface area contributed by atoms with Gasteiger partial charge >= 0.3 is 6.18 Å². The molecule has 4 nitrogen and oxygen atoms in total. The number of rotatable bonds is 1. The summed E-state index contributed by atoms with van der Waals surface area (Å²) in [5.74, 6) is 0.335. The third kappa shape index (κ3) is 2.67. The van der Waals surface area contributed by atoms with Crippen LogP contribution >= 0.6 is 0 Å². The minimum atomic E-state index is -4.41. The van der Waals surface area contributed by atoms with Crippen molar-refractivity contribution in [3.63, 3.8) is 0 Å². The number of nitrogens with zero attached hydrogens (tertiary/aromatic N) is 2. The molecule has 2 heterocycles. The lowest BCUT2D eigenvalue weighted by atomic mass is 10.2. The first-order valence-electron chi connectivity index (χ1n) is 6.12. The lowest BCUT2D eigenvalue weighted by molar-refractivity contribution is -0.0873. The van der Waals surface area contributed by atoms with Gasteiger partial charge in [-0.1, -0.05) is 12.2 Å². The van der Waals surface area contributed by atoms with Crippen LogP contribution in [-0.2, 0) is 6.42 Å². The fraction of sp³-hybridized carbons (Fsp3) is 0.143. The van der Waals surface area contributed by atoms with Crippen molar-refractivity contribution in [2.45, 2.75) is 12.6 Å². The van der Waals surface area contributed by atoms with E-state index >= 15 is 0 Å². The van der Waals surface area contributed by atoms with Crippen LogP contribution < -0.4 is 0 Å². The molecule has 1 aliphatic rings. The van der Waals surface area contributed by atoms with Crippen molar-refractivity contribution in [1.82, 2.24) is 15.0 Å². The lowest BCUT2D eigenvalue weighted by Gasteiger charge is -2.05. The first-order valence-corrected chi connectivity index (χ1v) is 6.12. The van der Waals surface area contributed by atoms with Gasteiger partial charge in [-0.15, -0.1) is 0 Å². The second-order valence-electron chi connectivity index (χ2n) is 4.58. The van der Waals surface area contributed by atoms with Crippen molar-refractivity contribution in [2.75, 3.05) is 0 Å². The average molecular weight is 293 g/mol. The number of H-pyrrole nitrogens is 1. The van der Waals surface area contributed by atoms with E-state index in [1.807, 2.05) is 0 Å². The summed E-state index contributed by atoms with van der Waals surface area (Å²) < 4.78 is 38.4. The molecule has 0 bridgehead atoms. The maximum Gasteiger partial charge on any atom is 0.416 e. The van der Waals surface area contributed by atoms with Crippen LogP contribution in [-0.4, -0.2) is 26.2 Å². The number of hydrogen-bond acceptors (Lipinski definition) is 3. The molecule has 21 heavy (non-hydrogen) atoms. The van der Waals surface area contributed by atoms with Gasteiger partial charge in [0.2, 0.25) is 0 Å². The predicted octanol–water partition coefficient (Wildman–Crippen LogP) is 3.24. The molecule has 0 aromatic carbocycles. The molecule has 1 aliphatic carbocycles. The third-order valence-electron chi connectivity index (χ3n) is 3.05. The number of allylic oxidation sites excluding steroid dienone is 3. The highest BCUT2D eigenvalue weighted by Gasteiger charge is 2.32. The van der Waals surface area contributed by atoms with Gasteiger partial charge in [-0.25, -0.2) is 4.98 Å². The van der Waals surface area contributed by atoms with E-state index in [4.69, 9.17) is 0 Å². The normalized spacial score (nSPS) is 14.5. The fourth-order valence-corrected chi connectivity index (χ4v) is 2.07. The molecule has 0 fully saturated rings. The largest absolute Gasteiger partial charge is 0.506 e. The molecule has 0 unspecified atom stereocenters. The van der Waals surface area contributed by atoms with E-state index in [0.717, 1.165) is 12.2 Å². The molecule has 2 aromatic heterocycles. The monoisotopic (exact) mass is 293 g/mol. The van der Waals surface area contributed by atoms with Crippen LogP contribution in [0.1, 0.15) is 11.4 Å². The van der Waals surface area contributed by atoms with Gasteiger partial charge in [0, 0.05) is 23.9 Å². The van der Waals surface area contributed by atoms with E-state index < -0.39 is 11.7 Å². The zero-order chi connectivity index (χ0) is 15.0. The Morgan fingerprint density at radius 2 is 2.05 bits per heavy atom. The average Bonchev–Trinajstić information content (AvgIpc) is 2.69. The number of nitrogens with one attached hydrogen (secondary N) is 1. The Morgan fingerprint density at radius 3 is 2.76 bits per heavy atom. The van der Waals surface area contributed by atoms with Crippen molar-refractivity contribution in [3.8, 4) is 17.1 Å². The lowest BCUT2D eigenvalue weighted by Crippen LogP contribution is -2.09. The van der Waals surface area contributed by atoms with Gasteiger partial charge in [-0.2, -0.15) is 13.2 Å². The van der Waals surface area contributed by atoms with Gasteiger partial charge < -0.3 is 10.1 Å². The van der Waals surface area contributed by atoms with E-state index in [-0.39, 0.29) is 11.4 Å². The number of hydrogen-bond donors (Lipinski definition) is 2. The fourth-order valence-electron chi connectivity index (χ4n) is 2.07. The number of imidazole rings is 1. The van der Waals surface area contributed by atoms with Gasteiger partial charge in [-0.3, -0.25) is 4.98 Å². The zero-order valence-corrected chi connectivity index (χ0v) is 10.6. The van der Waals surface area contributed by atoms with Gasteiger partial charge in [0.15, 0.2) is 0 Å². The van der Waals surface area contributed by atoms with E-state index in [9.17, 15) is 18.3 Å². The molecule has 2 aromatic rings. The summed E-state index contributed by atoms with van der Waals surface area (Å²) in [5.41, 5.74) is 0.594. The van der Waals surface area contributed by atoms with Crippen LogP contribution in [0.3, 0.4) is 0 Å². The molecule has 3 rings (SSSR count). The molecule has 0 spiro atoms. The first-order chi connectivity index (χ1) is 9.93. The summed E-state index contributed by atoms with van der Waals surface area (Å²) >= 11 is 0. The molecular weight excluding hydrogens is 283 g/mol. The van der Waals surface area contributed by atoms with Crippen LogP contribution in [0, 0.1) is 0 Å². The quantitative estimate of drug-likeness (QED) is 0.848. The van der Waals surface area contributed by atoms with Crippen molar-refractivity contribution in [3.05, 3.63) is 47.6 Å². The highest BCUT2D eigenvalue weighted by atomic mass is 19.4. The minimum absolute atomic E-state index is 0.0366. The highest BCUT2D eigenvalue weighted by molar-refractivity contribution is 5.64. The highest BCUT2D eigenvalue weighted by Crippen LogP contribution is 2.31. The summed E-state index contributed by atoms with van der Waals surface area (Å²) in [7, 11) is 0. The molecule has 0 atom stereocenters. The summed E-state index contributed by atoms with van der Waals surface area (Å²) in [5, 5.41) is 9.39. The predicted molar refractivity (Wildman–Crippen MR) is 70.4 cm³/mol. The molecule has 0 saturated heterocycles. The second kappa shape index (κ2) is 4.76. The standard InChI is InChI=1S/C14H10F3N3O/c15-14(16,17)9-2-1-3-11-12(5-9)20-13(19-11)8-4-10(21)7-18-6-8/h1-2,4-7,21H,3H2,(H,19,20). The molecule has 0 aliphatic heterocycles. The van der Waals surface area contributed by atoms with Gasteiger partial charge in [0.05, 0.1) is 17.5 Å². The van der Waals surface area contributed by atoms with Crippen LogP contribution in [0.25, 0.3) is 17.5 Å². The number of fused-ring (bicyclic) bond motifs is 1.